The van der Waals surface area contributed by atoms with Gasteiger partial charge in [-0.15, -0.1) is 0 Å². The highest BCUT2D eigenvalue weighted by Gasteiger charge is 2.21. The second kappa shape index (κ2) is 4.56. The van der Waals surface area contributed by atoms with Gasteiger partial charge in [-0.3, -0.25) is 0 Å². The molecule has 1 heterocycles. The van der Waals surface area contributed by atoms with Gasteiger partial charge in [0.1, 0.15) is 12.2 Å². The van der Waals surface area contributed by atoms with Gasteiger partial charge in [0.15, 0.2) is 0 Å². The summed E-state index contributed by atoms with van der Waals surface area (Å²) in [6, 6.07) is 20.6. The van der Waals surface area contributed by atoms with E-state index in [-0.39, 0.29) is 12.2 Å². The Hall–Kier alpha value is -1.86. The second-order valence-electron chi connectivity index (χ2n) is 4.18. The highest BCUT2D eigenvalue weighted by Crippen LogP contribution is 2.34. The Labute approximate surface area is 101 Å². The summed E-state index contributed by atoms with van der Waals surface area (Å²) in [5.41, 5.74) is 2.42. The van der Waals surface area contributed by atoms with Crippen LogP contribution in [0.1, 0.15) is 23.3 Å². The molecule has 84 valence electrons. The average molecular weight is 222 g/mol. The molecule has 1 nitrogen and oxygen atoms in total. The fraction of sp³-hybridized carbons (Fsp3) is 0.125. The lowest BCUT2D eigenvalue weighted by Gasteiger charge is -2.14. The van der Waals surface area contributed by atoms with Crippen LogP contribution in [0, 0.1) is 0 Å². The van der Waals surface area contributed by atoms with Crippen molar-refractivity contribution in [1.82, 2.24) is 0 Å². The monoisotopic (exact) mass is 222 g/mol. The van der Waals surface area contributed by atoms with Crippen LogP contribution >= 0.6 is 0 Å². The van der Waals surface area contributed by atoms with Crippen molar-refractivity contribution < 1.29 is 4.74 Å². The van der Waals surface area contributed by atoms with Crippen LogP contribution in [0.15, 0.2) is 72.8 Å². The van der Waals surface area contributed by atoms with Gasteiger partial charge < -0.3 is 4.74 Å². The van der Waals surface area contributed by atoms with Crippen LogP contribution < -0.4 is 0 Å². The van der Waals surface area contributed by atoms with Crippen molar-refractivity contribution in [2.45, 2.75) is 12.2 Å². The maximum Gasteiger partial charge on any atom is 0.102 e. The molecule has 0 saturated heterocycles. The molecule has 0 aromatic heterocycles. The Morgan fingerprint density at radius 2 is 1.00 bits per heavy atom. The van der Waals surface area contributed by atoms with Crippen LogP contribution in [0.3, 0.4) is 0 Å². The molecule has 0 radical (unpaired) electrons. The third kappa shape index (κ3) is 2.15. The van der Waals surface area contributed by atoms with Crippen molar-refractivity contribution in [1.29, 1.82) is 0 Å². The Balaban J connectivity index is 1.78. The van der Waals surface area contributed by atoms with Gasteiger partial charge in [-0.1, -0.05) is 72.8 Å². The van der Waals surface area contributed by atoms with Gasteiger partial charge in [-0.2, -0.15) is 0 Å². The van der Waals surface area contributed by atoms with Crippen molar-refractivity contribution >= 4 is 0 Å². The SMILES string of the molecule is C1=C[C@H](c2ccccc2)O[C@H]1c1ccccc1. The predicted octanol–water partition coefficient (Wildman–Crippen LogP) is 4.06. The summed E-state index contributed by atoms with van der Waals surface area (Å²) >= 11 is 0. The minimum Gasteiger partial charge on any atom is -0.357 e. The summed E-state index contributed by atoms with van der Waals surface area (Å²) in [6.07, 6.45) is 4.43. The van der Waals surface area contributed by atoms with E-state index in [0.29, 0.717) is 0 Å². The molecule has 17 heavy (non-hydrogen) atoms. The standard InChI is InChI=1S/C16H14O/c1-3-7-13(8-4-1)15-11-12-16(17-15)14-9-5-2-6-10-14/h1-12,15-16H/t15-,16-/m1/s1. The van der Waals surface area contributed by atoms with Crippen LogP contribution in [0.4, 0.5) is 0 Å². The summed E-state index contributed by atoms with van der Waals surface area (Å²) in [7, 11) is 0. The molecule has 0 unspecified atom stereocenters. The largest absolute Gasteiger partial charge is 0.357 e. The zero-order valence-electron chi connectivity index (χ0n) is 9.49. The molecule has 0 bridgehead atoms. The first-order valence-corrected chi connectivity index (χ1v) is 5.87. The average Bonchev–Trinajstić information content (AvgIpc) is 2.90. The summed E-state index contributed by atoms with van der Waals surface area (Å²) in [5, 5.41) is 0. The molecular formula is C16H14O. The summed E-state index contributed by atoms with van der Waals surface area (Å²) in [6.45, 7) is 0. The zero-order valence-corrected chi connectivity index (χ0v) is 9.49. The van der Waals surface area contributed by atoms with Crippen molar-refractivity contribution in [3.63, 3.8) is 0 Å². The molecule has 2 atom stereocenters. The molecule has 0 amide bonds. The van der Waals surface area contributed by atoms with Crippen LogP contribution in [-0.2, 0) is 4.74 Å². The molecule has 1 aliphatic heterocycles. The van der Waals surface area contributed by atoms with Gasteiger partial charge >= 0.3 is 0 Å². The van der Waals surface area contributed by atoms with E-state index in [0.717, 1.165) is 0 Å². The number of hydrogen-bond acceptors (Lipinski definition) is 1. The Kier molecular flexibility index (Phi) is 2.76. The van der Waals surface area contributed by atoms with Gasteiger partial charge in [0.05, 0.1) is 0 Å². The van der Waals surface area contributed by atoms with Crippen molar-refractivity contribution in [3.8, 4) is 0 Å². The molecule has 0 saturated carbocycles. The van der Waals surface area contributed by atoms with E-state index >= 15 is 0 Å². The fourth-order valence-corrected chi connectivity index (χ4v) is 2.12. The molecule has 1 heteroatoms. The Morgan fingerprint density at radius 3 is 1.41 bits per heavy atom. The maximum atomic E-state index is 6.02. The first-order chi connectivity index (χ1) is 8.43. The van der Waals surface area contributed by atoms with E-state index in [1.165, 1.54) is 11.1 Å². The van der Waals surface area contributed by atoms with E-state index < -0.39 is 0 Å². The highest BCUT2D eigenvalue weighted by atomic mass is 16.5. The number of rotatable bonds is 2. The Morgan fingerprint density at radius 1 is 0.588 bits per heavy atom. The van der Waals surface area contributed by atoms with Crippen LogP contribution in [-0.4, -0.2) is 0 Å². The van der Waals surface area contributed by atoms with Crippen molar-refractivity contribution in [3.05, 3.63) is 83.9 Å². The molecule has 2 aromatic carbocycles. The highest BCUT2D eigenvalue weighted by molar-refractivity contribution is 5.28. The van der Waals surface area contributed by atoms with Crippen LogP contribution in [0.2, 0.25) is 0 Å². The molecule has 0 fully saturated rings. The van der Waals surface area contributed by atoms with E-state index in [4.69, 9.17) is 4.74 Å². The van der Waals surface area contributed by atoms with Crippen LogP contribution in [0.25, 0.3) is 0 Å². The quantitative estimate of drug-likeness (QED) is 0.696. The summed E-state index contributed by atoms with van der Waals surface area (Å²) in [4.78, 5) is 0. The molecule has 0 spiro atoms. The van der Waals surface area contributed by atoms with Crippen molar-refractivity contribution in [2.75, 3.05) is 0 Å². The lowest BCUT2D eigenvalue weighted by Crippen LogP contribution is -2.00. The topological polar surface area (TPSA) is 9.23 Å². The van der Waals surface area contributed by atoms with Gasteiger partial charge in [0, 0.05) is 0 Å². The number of hydrogen-bond donors (Lipinski definition) is 0. The zero-order chi connectivity index (χ0) is 11.5. The van der Waals surface area contributed by atoms with E-state index in [2.05, 4.69) is 36.4 Å². The first-order valence-electron chi connectivity index (χ1n) is 5.87. The molecule has 3 rings (SSSR count). The smallest absolute Gasteiger partial charge is 0.102 e. The van der Waals surface area contributed by atoms with E-state index in [9.17, 15) is 0 Å². The third-order valence-corrected chi connectivity index (χ3v) is 3.01. The minimum atomic E-state index is 0.0846. The Bertz CT molecular complexity index is 454. The molecular weight excluding hydrogens is 208 g/mol. The second-order valence-corrected chi connectivity index (χ2v) is 4.18. The first kappa shape index (κ1) is 10.3. The normalized spacial score (nSPS) is 22.8. The van der Waals surface area contributed by atoms with E-state index in [1.54, 1.807) is 0 Å². The van der Waals surface area contributed by atoms with Gasteiger partial charge in [0.2, 0.25) is 0 Å². The van der Waals surface area contributed by atoms with Gasteiger partial charge in [-0.25, -0.2) is 0 Å². The lowest BCUT2D eigenvalue weighted by molar-refractivity contribution is 0.0603. The van der Waals surface area contributed by atoms with Crippen LogP contribution in [0.5, 0.6) is 0 Å². The van der Waals surface area contributed by atoms with Gasteiger partial charge in [0.25, 0.3) is 0 Å². The molecule has 2 aromatic rings. The lowest BCUT2D eigenvalue weighted by atomic mass is 10.1. The molecule has 0 N–H and O–H groups in total. The third-order valence-electron chi connectivity index (χ3n) is 3.01. The molecule has 0 aliphatic carbocycles. The van der Waals surface area contributed by atoms with Crippen molar-refractivity contribution in [2.24, 2.45) is 0 Å². The molecule has 1 aliphatic rings. The van der Waals surface area contributed by atoms with Gasteiger partial charge in [-0.05, 0) is 11.1 Å². The fourth-order valence-electron chi connectivity index (χ4n) is 2.12. The minimum absolute atomic E-state index is 0.0846. The number of ether oxygens (including phenoxy) is 1. The number of benzene rings is 2. The summed E-state index contributed by atoms with van der Waals surface area (Å²) in [5.74, 6) is 0. The maximum absolute atomic E-state index is 6.02. The summed E-state index contributed by atoms with van der Waals surface area (Å²) < 4.78 is 6.02. The predicted molar refractivity (Wildman–Crippen MR) is 68.6 cm³/mol. The van der Waals surface area contributed by atoms with E-state index in [1.807, 2.05) is 36.4 Å².